The first kappa shape index (κ1) is 16.4. The third kappa shape index (κ3) is 4.79. The number of ether oxygens (including phenoxy) is 1. The Morgan fingerprint density at radius 1 is 1.27 bits per heavy atom. The number of hydrogen-bond acceptors (Lipinski definition) is 4. The molecule has 0 fully saturated rings. The summed E-state index contributed by atoms with van der Waals surface area (Å²) in [5, 5.41) is 12.3. The number of carbonyl (C=O) groups is 1. The van der Waals surface area contributed by atoms with Crippen LogP contribution in [0.2, 0.25) is 0 Å². The van der Waals surface area contributed by atoms with Gasteiger partial charge in [-0.2, -0.15) is 0 Å². The highest BCUT2D eigenvalue weighted by Crippen LogP contribution is 2.20. The Balaban J connectivity index is 1.91. The topological polar surface area (TPSA) is 58.6 Å². The van der Waals surface area contributed by atoms with Gasteiger partial charge in [-0.3, -0.25) is 4.79 Å². The summed E-state index contributed by atoms with van der Waals surface area (Å²) in [7, 11) is 0. The molecule has 1 unspecified atom stereocenters. The summed E-state index contributed by atoms with van der Waals surface area (Å²) in [5.74, 6) is 0.340. The SMILES string of the molecule is CSc1cccc(NC(=O)COc2cccc(C(C)O)c2)c1. The second kappa shape index (κ2) is 7.87. The van der Waals surface area contributed by atoms with Gasteiger partial charge in [0.15, 0.2) is 6.61 Å². The fraction of sp³-hybridized carbons (Fsp3) is 0.235. The second-order valence-electron chi connectivity index (χ2n) is 4.82. The molecule has 1 amide bonds. The Morgan fingerprint density at radius 3 is 2.77 bits per heavy atom. The molecular formula is C17H19NO3S. The summed E-state index contributed by atoms with van der Waals surface area (Å²) in [5.41, 5.74) is 1.50. The van der Waals surface area contributed by atoms with Gasteiger partial charge in [0, 0.05) is 10.6 Å². The van der Waals surface area contributed by atoms with Crippen molar-refractivity contribution in [2.45, 2.75) is 17.9 Å². The minimum absolute atomic E-state index is 0.0766. The van der Waals surface area contributed by atoms with Crippen molar-refractivity contribution in [3.63, 3.8) is 0 Å². The second-order valence-corrected chi connectivity index (χ2v) is 5.70. The van der Waals surface area contributed by atoms with Crippen molar-refractivity contribution in [1.29, 1.82) is 0 Å². The summed E-state index contributed by atoms with van der Waals surface area (Å²) in [6.45, 7) is 1.61. The van der Waals surface area contributed by atoms with Crippen molar-refractivity contribution >= 4 is 23.4 Å². The van der Waals surface area contributed by atoms with E-state index in [1.165, 1.54) is 0 Å². The maximum Gasteiger partial charge on any atom is 0.262 e. The number of hydrogen-bond donors (Lipinski definition) is 2. The molecule has 22 heavy (non-hydrogen) atoms. The number of rotatable bonds is 6. The average Bonchev–Trinajstić information content (AvgIpc) is 2.53. The van der Waals surface area contributed by atoms with E-state index >= 15 is 0 Å². The Morgan fingerprint density at radius 2 is 2.05 bits per heavy atom. The van der Waals surface area contributed by atoms with Gasteiger partial charge in [-0.15, -0.1) is 11.8 Å². The van der Waals surface area contributed by atoms with Gasteiger partial charge >= 0.3 is 0 Å². The summed E-state index contributed by atoms with van der Waals surface area (Å²) in [6, 6.07) is 14.7. The predicted octanol–water partition coefficient (Wildman–Crippen LogP) is 3.48. The van der Waals surface area contributed by atoms with Gasteiger partial charge < -0.3 is 15.2 Å². The monoisotopic (exact) mass is 317 g/mol. The van der Waals surface area contributed by atoms with Crippen LogP contribution >= 0.6 is 11.8 Å². The van der Waals surface area contributed by atoms with E-state index in [1.54, 1.807) is 36.9 Å². The molecule has 2 N–H and O–H groups in total. The third-order valence-electron chi connectivity index (χ3n) is 3.06. The molecule has 2 aromatic carbocycles. The number of carbonyl (C=O) groups excluding carboxylic acids is 1. The Labute approximate surface area is 134 Å². The smallest absolute Gasteiger partial charge is 0.262 e. The van der Waals surface area contributed by atoms with Gasteiger partial charge in [0.25, 0.3) is 5.91 Å². The van der Waals surface area contributed by atoms with Crippen molar-refractivity contribution in [2.24, 2.45) is 0 Å². The van der Waals surface area contributed by atoms with Gasteiger partial charge in [0.05, 0.1) is 6.10 Å². The minimum atomic E-state index is -0.563. The summed E-state index contributed by atoms with van der Waals surface area (Å²) in [4.78, 5) is 13.0. The Hall–Kier alpha value is -1.98. The highest BCUT2D eigenvalue weighted by Gasteiger charge is 2.06. The molecule has 2 rings (SSSR count). The summed E-state index contributed by atoms with van der Waals surface area (Å²) >= 11 is 1.62. The van der Waals surface area contributed by atoms with E-state index in [4.69, 9.17) is 4.74 Å². The molecule has 0 aromatic heterocycles. The van der Waals surface area contributed by atoms with Crippen LogP contribution in [-0.2, 0) is 4.79 Å². The van der Waals surface area contributed by atoms with Crippen molar-refractivity contribution in [3.05, 3.63) is 54.1 Å². The normalized spacial score (nSPS) is 11.8. The predicted molar refractivity (Wildman–Crippen MR) is 89.4 cm³/mol. The van der Waals surface area contributed by atoms with Crippen molar-refractivity contribution in [3.8, 4) is 5.75 Å². The fourth-order valence-corrected chi connectivity index (χ4v) is 2.37. The van der Waals surface area contributed by atoms with Crippen LogP contribution in [0.1, 0.15) is 18.6 Å². The van der Waals surface area contributed by atoms with Crippen molar-refractivity contribution in [1.82, 2.24) is 0 Å². The van der Waals surface area contributed by atoms with Crippen LogP contribution in [0.3, 0.4) is 0 Å². The van der Waals surface area contributed by atoms with Gasteiger partial charge in [0.1, 0.15) is 5.75 Å². The molecule has 0 aliphatic rings. The van der Waals surface area contributed by atoms with Crippen LogP contribution in [0.15, 0.2) is 53.4 Å². The lowest BCUT2D eigenvalue weighted by Gasteiger charge is -2.10. The molecule has 5 heteroatoms. The van der Waals surface area contributed by atoms with Crippen LogP contribution in [0.25, 0.3) is 0 Å². The van der Waals surface area contributed by atoms with Gasteiger partial charge in [-0.1, -0.05) is 18.2 Å². The number of aliphatic hydroxyl groups is 1. The Kier molecular flexibility index (Phi) is 5.86. The number of benzene rings is 2. The quantitative estimate of drug-likeness (QED) is 0.801. The summed E-state index contributed by atoms with van der Waals surface area (Å²) < 4.78 is 5.46. The molecule has 0 aliphatic carbocycles. The largest absolute Gasteiger partial charge is 0.484 e. The lowest BCUT2D eigenvalue weighted by Crippen LogP contribution is -2.20. The average molecular weight is 317 g/mol. The molecule has 0 aliphatic heterocycles. The first-order valence-corrected chi connectivity index (χ1v) is 8.15. The number of anilines is 1. The molecule has 0 radical (unpaired) electrons. The van der Waals surface area contributed by atoms with Crippen LogP contribution in [-0.4, -0.2) is 23.9 Å². The molecular weight excluding hydrogens is 298 g/mol. The molecule has 0 saturated carbocycles. The zero-order valence-corrected chi connectivity index (χ0v) is 13.4. The van der Waals surface area contributed by atoms with Crippen LogP contribution in [0.5, 0.6) is 5.75 Å². The van der Waals surface area contributed by atoms with Gasteiger partial charge in [-0.05, 0) is 49.1 Å². The molecule has 0 bridgehead atoms. The number of thioether (sulfide) groups is 1. The van der Waals surface area contributed by atoms with Crippen molar-refractivity contribution in [2.75, 3.05) is 18.2 Å². The molecule has 116 valence electrons. The van der Waals surface area contributed by atoms with Gasteiger partial charge in [-0.25, -0.2) is 0 Å². The maximum absolute atomic E-state index is 11.9. The number of amides is 1. The van der Waals surface area contributed by atoms with E-state index in [9.17, 15) is 9.90 Å². The summed E-state index contributed by atoms with van der Waals surface area (Å²) in [6.07, 6.45) is 1.42. The first-order chi connectivity index (χ1) is 10.6. The van der Waals surface area contributed by atoms with E-state index in [1.807, 2.05) is 36.6 Å². The maximum atomic E-state index is 11.9. The standard InChI is InChI=1S/C17H19NO3S/c1-12(19)13-5-3-7-15(9-13)21-11-17(20)18-14-6-4-8-16(10-14)22-2/h3-10,12,19H,11H2,1-2H3,(H,18,20). The van der Waals surface area contributed by atoms with Crippen LogP contribution < -0.4 is 10.1 Å². The zero-order valence-electron chi connectivity index (χ0n) is 12.6. The fourth-order valence-electron chi connectivity index (χ4n) is 1.91. The lowest BCUT2D eigenvalue weighted by molar-refractivity contribution is -0.118. The highest BCUT2D eigenvalue weighted by molar-refractivity contribution is 7.98. The van der Waals surface area contributed by atoms with E-state index < -0.39 is 6.10 Å². The van der Waals surface area contributed by atoms with E-state index in [2.05, 4.69) is 5.32 Å². The molecule has 0 saturated heterocycles. The molecule has 0 spiro atoms. The molecule has 2 aromatic rings. The number of aliphatic hydroxyl groups excluding tert-OH is 1. The molecule has 1 atom stereocenters. The van der Waals surface area contributed by atoms with Crippen LogP contribution in [0, 0.1) is 0 Å². The highest BCUT2D eigenvalue weighted by atomic mass is 32.2. The van der Waals surface area contributed by atoms with Crippen molar-refractivity contribution < 1.29 is 14.6 Å². The van der Waals surface area contributed by atoms with Crippen LogP contribution in [0.4, 0.5) is 5.69 Å². The van der Waals surface area contributed by atoms with E-state index in [-0.39, 0.29) is 12.5 Å². The van der Waals surface area contributed by atoms with E-state index in [0.717, 1.165) is 16.1 Å². The Bertz CT molecular complexity index is 643. The third-order valence-corrected chi connectivity index (χ3v) is 3.79. The number of nitrogens with one attached hydrogen (secondary N) is 1. The van der Waals surface area contributed by atoms with E-state index in [0.29, 0.717) is 5.75 Å². The molecule has 4 nitrogen and oxygen atoms in total. The van der Waals surface area contributed by atoms with Gasteiger partial charge in [0.2, 0.25) is 0 Å². The first-order valence-electron chi connectivity index (χ1n) is 6.93. The minimum Gasteiger partial charge on any atom is -0.484 e. The molecule has 0 heterocycles. The lowest BCUT2D eigenvalue weighted by atomic mass is 10.1. The zero-order chi connectivity index (χ0) is 15.9.